The van der Waals surface area contributed by atoms with Gasteiger partial charge in [-0.1, -0.05) is 51.5 Å². The summed E-state index contributed by atoms with van der Waals surface area (Å²) in [7, 11) is 0. The topological polar surface area (TPSA) is 65.5 Å². The van der Waals surface area contributed by atoms with Crippen LogP contribution in [0.4, 0.5) is 0 Å². The van der Waals surface area contributed by atoms with E-state index < -0.39 is 5.97 Å². The minimum Gasteiger partial charge on any atom is -0.458 e. The lowest BCUT2D eigenvalue weighted by molar-refractivity contribution is -0.0174. The first-order chi connectivity index (χ1) is 16.4. The molecule has 5 heteroatoms. The Bertz CT molecular complexity index is 1110. The van der Waals surface area contributed by atoms with E-state index in [-0.39, 0.29) is 12.1 Å². The highest BCUT2D eigenvalue weighted by molar-refractivity contribution is 5.91. The van der Waals surface area contributed by atoms with Gasteiger partial charge in [-0.15, -0.1) is 0 Å². The van der Waals surface area contributed by atoms with E-state index in [9.17, 15) is 9.59 Å². The molecule has 3 atom stereocenters. The molecular formula is C29H31NO4. The summed E-state index contributed by atoms with van der Waals surface area (Å²) >= 11 is 0. The quantitative estimate of drug-likeness (QED) is 0.309. The first-order valence-electron chi connectivity index (χ1n) is 11.9. The molecule has 2 aromatic carbocycles. The van der Waals surface area contributed by atoms with Crippen LogP contribution in [0.5, 0.6) is 5.75 Å². The van der Waals surface area contributed by atoms with Crippen molar-refractivity contribution in [3.05, 3.63) is 84.2 Å². The van der Waals surface area contributed by atoms with Crippen LogP contribution in [0, 0.1) is 17.8 Å². The van der Waals surface area contributed by atoms with E-state index in [1.54, 1.807) is 36.7 Å². The standard InChI is InChI=1S/C29H31NO4/c1-19(2)26-13-4-20(3)18-27(26)34-29(32)23-7-5-21(6-8-23)22-9-11-25(12-10-22)33-28(31)24-14-16-30-17-15-24/h5-12,14-17,19-20,26-27H,4,13,18H2,1-3H3. The normalized spacial score (nSPS) is 20.1. The Hall–Kier alpha value is -3.47. The van der Waals surface area contributed by atoms with E-state index >= 15 is 0 Å². The van der Waals surface area contributed by atoms with Crippen LogP contribution in [-0.2, 0) is 4.74 Å². The van der Waals surface area contributed by atoms with Gasteiger partial charge < -0.3 is 9.47 Å². The Morgan fingerprint density at radius 1 is 0.824 bits per heavy atom. The maximum absolute atomic E-state index is 12.8. The van der Waals surface area contributed by atoms with Crippen molar-refractivity contribution in [1.29, 1.82) is 0 Å². The third-order valence-corrected chi connectivity index (χ3v) is 6.65. The zero-order valence-corrected chi connectivity index (χ0v) is 19.9. The zero-order chi connectivity index (χ0) is 24.1. The fourth-order valence-corrected chi connectivity index (χ4v) is 4.62. The van der Waals surface area contributed by atoms with E-state index in [0.717, 1.165) is 24.0 Å². The molecule has 0 spiro atoms. The highest BCUT2D eigenvalue weighted by Gasteiger charge is 2.33. The fraction of sp³-hybridized carbons (Fsp3) is 0.345. The maximum atomic E-state index is 12.8. The van der Waals surface area contributed by atoms with Gasteiger partial charge in [-0.25, -0.2) is 9.59 Å². The van der Waals surface area contributed by atoms with Gasteiger partial charge in [-0.3, -0.25) is 4.98 Å². The van der Waals surface area contributed by atoms with Crippen LogP contribution in [0.1, 0.15) is 60.7 Å². The SMILES string of the molecule is CC1CCC(C(C)C)C(OC(=O)c2ccc(-c3ccc(OC(=O)c4ccncc4)cc3)cc2)C1. The largest absolute Gasteiger partial charge is 0.458 e. The molecule has 0 amide bonds. The lowest BCUT2D eigenvalue weighted by Gasteiger charge is -2.36. The second kappa shape index (κ2) is 10.6. The number of hydrogen-bond donors (Lipinski definition) is 0. The fourth-order valence-electron chi connectivity index (χ4n) is 4.62. The number of nitrogens with zero attached hydrogens (tertiary/aromatic N) is 1. The van der Waals surface area contributed by atoms with Crippen molar-refractivity contribution in [2.24, 2.45) is 17.8 Å². The molecule has 3 unspecified atom stereocenters. The van der Waals surface area contributed by atoms with Crippen molar-refractivity contribution in [1.82, 2.24) is 4.98 Å². The van der Waals surface area contributed by atoms with Gasteiger partial charge in [0, 0.05) is 12.4 Å². The summed E-state index contributed by atoms with van der Waals surface area (Å²) in [6, 6.07) is 18.0. The molecule has 0 bridgehead atoms. The van der Waals surface area contributed by atoms with Crippen LogP contribution in [0.2, 0.25) is 0 Å². The predicted octanol–water partition coefficient (Wildman–Crippen LogP) is 6.59. The van der Waals surface area contributed by atoms with Gasteiger partial charge in [-0.05, 0) is 78.1 Å². The minimum absolute atomic E-state index is 0.0154. The molecule has 0 aliphatic heterocycles. The van der Waals surface area contributed by atoms with Gasteiger partial charge in [0.2, 0.25) is 0 Å². The van der Waals surface area contributed by atoms with Gasteiger partial charge in [0.15, 0.2) is 0 Å². The van der Waals surface area contributed by atoms with Gasteiger partial charge in [0.05, 0.1) is 11.1 Å². The number of hydrogen-bond acceptors (Lipinski definition) is 5. The smallest absolute Gasteiger partial charge is 0.343 e. The van der Waals surface area contributed by atoms with E-state index in [0.29, 0.717) is 34.6 Å². The molecule has 176 valence electrons. The third kappa shape index (κ3) is 5.71. The second-order valence-electron chi connectivity index (χ2n) is 9.50. The van der Waals surface area contributed by atoms with Crippen LogP contribution in [0.3, 0.4) is 0 Å². The van der Waals surface area contributed by atoms with E-state index in [1.165, 1.54) is 6.42 Å². The van der Waals surface area contributed by atoms with Crippen molar-refractivity contribution >= 4 is 11.9 Å². The van der Waals surface area contributed by atoms with Gasteiger partial charge in [0.25, 0.3) is 0 Å². The van der Waals surface area contributed by atoms with Crippen LogP contribution >= 0.6 is 0 Å². The molecule has 1 fully saturated rings. The molecule has 1 aliphatic carbocycles. The van der Waals surface area contributed by atoms with E-state index in [4.69, 9.17) is 9.47 Å². The molecule has 34 heavy (non-hydrogen) atoms. The molecule has 5 nitrogen and oxygen atoms in total. The summed E-state index contributed by atoms with van der Waals surface area (Å²) in [6.07, 6.45) is 6.34. The van der Waals surface area contributed by atoms with Gasteiger partial charge in [0.1, 0.15) is 11.9 Å². The van der Waals surface area contributed by atoms with Gasteiger partial charge in [-0.2, -0.15) is 0 Å². The van der Waals surface area contributed by atoms with Crippen LogP contribution < -0.4 is 4.74 Å². The molecule has 0 radical (unpaired) electrons. The van der Waals surface area contributed by atoms with Crippen LogP contribution in [-0.4, -0.2) is 23.0 Å². The number of esters is 2. The Kier molecular flexibility index (Phi) is 7.41. The molecule has 4 rings (SSSR count). The number of carbonyl (C=O) groups excluding carboxylic acids is 2. The first-order valence-corrected chi connectivity index (χ1v) is 11.9. The summed E-state index contributed by atoms with van der Waals surface area (Å²) < 4.78 is 11.4. The second-order valence-corrected chi connectivity index (χ2v) is 9.50. The number of rotatable bonds is 6. The zero-order valence-electron chi connectivity index (χ0n) is 19.9. The highest BCUT2D eigenvalue weighted by atomic mass is 16.5. The number of pyridine rings is 1. The van der Waals surface area contributed by atoms with Gasteiger partial charge >= 0.3 is 11.9 Å². The van der Waals surface area contributed by atoms with Crippen molar-refractivity contribution in [3.8, 4) is 16.9 Å². The molecule has 0 saturated heterocycles. The monoisotopic (exact) mass is 457 g/mol. The molecular weight excluding hydrogens is 426 g/mol. The summed E-state index contributed by atoms with van der Waals surface area (Å²) in [4.78, 5) is 28.9. The molecule has 1 saturated carbocycles. The molecule has 1 aromatic heterocycles. The van der Waals surface area contributed by atoms with Crippen LogP contribution in [0.15, 0.2) is 73.1 Å². The lowest BCUT2D eigenvalue weighted by Crippen LogP contribution is -2.35. The molecule has 3 aromatic rings. The summed E-state index contributed by atoms with van der Waals surface area (Å²) in [5.41, 5.74) is 2.94. The summed E-state index contributed by atoms with van der Waals surface area (Å²) in [6.45, 7) is 6.65. The first kappa shape index (κ1) is 23.7. The lowest BCUT2D eigenvalue weighted by atomic mass is 9.75. The van der Waals surface area contributed by atoms with Crippen molar-refractivity contribution in [2.75, 3.05) is 0 Å². The Morgan fingerprint density at radius 3 is 2.03 bits per heavy atom. The maximum Gasteiger partial charge on any atom is 0.343 e. The van der Waals surface area contributed by atoms with Crippen LogP contribution in [0.25, 0.3) is 11.1 Å². The molecule has 1 heterocycles. The Balaban J connectivity index is 1.39. The van der Waals surface area contributed by atoms with Crippen molar-refractivity contribution < 1.29 is 19.1 Å². The van der Waals surface area contributed by atoms with Crippen molar-refractivity contribution in [3.63, 3.8) is 0 Å². The average Bonchev–Trinajstić information content (AvgIpc) is 2.85. The summed E-state index contributed by atoms with van der Waals surface area (Å²) in [5.74, 6) is 1.29. The number of aromatic nitrogens is 1. The Morgan fingerprint density at radius 2 is 1.41 bits per heavy atom. The third-order valence-electron chi connectivity index (χ3n) is 6.65. The highest BCUT2D eigenvalue weighted by Crippen LogP contribution is 2.35. The average molecular weight is 458 g/mol. The molecule has 0 N–H and O–H groups in total. The Labute approximate surface area is 201 Å². The molecule has 1 aliphatic rings. The number of ether oxygens (including phenoxy) is 2. The van der Waals surface area contributed by atoms with E-state index in [1.807, 2.05) is 36.4 Å². The van der Waals surface area contributed by atoms with Crippen molar-refractivity contribution in [2.45, 2.75) is 46.1 Å². The summed E-state index contributed by atoms with van der Waals surface area (Å²) in [5, 5.41) is 0. The van der Waals surface area contributed by atoms with E-state index in [2.05, 4.69) is 25.8 Å². The predicted molar refractivity (Wildman–Crippen MR) is 132 cm³/mol. The number of carbonyl (C=O) groups is 2. The number of benzene rings is 2. The minimum atomic E-state index is -0.426.